The SMILES string of the molecule is N#CC(=C1N=c2cc(C#N)c(C#N)cc2=N1)c1nc(-c2nc3c(F)c(F)c(F)c(F)c3o2)nc(-c2nc3c(F)c(F)c(F)c(F)c3o2)n1. The quantitative estimate of drug-likeness (QED) is 0.113. The Labute approximate surface area is 256 Å². The van der Waals surface area contributed by atoms with Crippen molar-refractivity contribution in [2.75, 3.05) is 0 Å². The molecule has 1 aliphatic rings. The maximum Gasteiger partial charge on any atom is 0.266 e. The first-order valence-corrected chi connectivity index (χ1v) is 12.5. The molecule has 3 aromatic heterocycles. The summed E-state index contributed by atoms with van der Waals surface area (Å²) >= 11 is 0. The number of nitriles is 3. The lowest BCUT2D eigenvalue weighted by Crippen LogP contribution is -2.22. The molecule has 20 heteroatoms. The zero-order chi connectivity index (χ0) is 34.2. The molecule has 0 bridgehead atoms. The first kappa shape index (κ1) is 29.6. The molecular formula is C28H2F8N10O2. The number of benzene rings is 3. The molecule has 0 spiro atoms. The van der Waals surface area contributed by atoms with E-state index in [1.54, 1.807) is 18.2 Å². The highest BCUT2D eigenvalue weighted by molar-refractivity contribution is 5.80. The van der Waals surface area contributed by atoms with E-state index in [0.29, 0.717) is 0 Å². The highest BCUT2D eigenvalue weighted by Gasteiger charge is 2.30. The molecular weight excluding hydrogens is 660 g/mol. The van der Waals surface area contributed by atoms with Gasteiger partial charge in [-0.25, -0.2) is 56.3 Å². The van der Waals surface area contributed by atoms with Crippen LogP contribution in [0.3, 0.4) is 0 Å². The molecule has 232 valence electrons. The van der Waals surface area contributed by atoms with Gasteiger partial charge in [0.2, 0.25) is 34.9 Å². The van der Waals surface area contributed by atoms with E-state index >= 15 is 0 Å². The summed E-state index contributed by atoms with van der Waals surface area (Å²) in [7, 11) is 0. The van der Waals surface area contributed by atoms with Crippen molar-refractivity contribution < 1.29 is 44.0 Å². The van der Waals surface area contributed by atoms with Gasteiger partial charge in [-0.2, -0.15) is 29.6 Å². The molecule has 0 saturated heterocycles. The first-order valence-electron chi connectivity index (χ1n) is 12.5. The highest BCUT2D eigenvalue weighted by atomic mass is 19.2. The normalized spacial score (nSPS) is 12.0. The van der Waals surface area contributed by atoms with E-state index in [4.69, 9.17) is 8.83 Å². The predicted octanol–water partition coefficient (Wildman–Crippen LogP) is 4.49. The Bertz CT molecular complexity index is 2510. The van der Waals surface area contributed by atoms with Crippen LogP contribution in [0, 0.1) is 80.5 Å². The lowest BCUT2D eigenvalue weighted by molar-refractivity contribution is 0.410. The standard InChI is InChI=1S/C28H2F8N10O2/c29-11-13(31)17(35)21-19(15(11)33)42-27(47-21)25-44-24(8(5-39)23-40-9-1-6(3-37)7(4-38)2-10(9)41-23)45-26(46-25)28-43-20-16(34)12(30)14(32)18(36)22(20)48-28/h1-2H. The second-order valence-corrected chi connectivity index (χ2v) is 9.36. The lowest BCUT2D eigenvalue weighted by Gasteiger charge is -2.03. The summed E-state index contributed by atoms with van der Waals surface area (Å²) in [4.78, 5) is 27.1. The third-order valence-corrected chi connectivity index (χ3v) is 6.61. The molecule has 0 fully saturated rings. The largest absolute Gasteiger partial charge is 0.430 e. The van der Waals surface area contributed by atoms with E-state index in [1.165, 1.54) is 12.1 Å². The fraction of sp³-hybridized carbons (Fsp3) is 0. The van der Waals surface area contributed by atoms with Crippen molar-refractivity contribution in [3.63, 3.8) is 0 Å². The zero-order valence-electron chi connectivity index (χ0n) is 22.5. The lowest BCUT2D eigenvalue weighted by atomic mass is 10.1. The van der Waals surface area contributed by atoms with Gasteiger partial charge in [-0.15, -0.1) is 0 Å². The van der Waals surface area contributed by atoms with Gasteiger partial charge in [-0.1, -0.05) is 0 Å². The molecule has 1 aliphatic heterocycles. The van der Waals surface area contributed by atoms with Gasteiger partial charge in [-0.05, 0) is 12.1 Å². The Morgan fingerprint density at radius 2 is 0.958 bits per heavy atom. The third-order valence-electron chi connectivity index (χ3n) is 6.61. The molecule has 0 unspecified atom stereocenters. The van der Waals surface area contributed by atoms with E-state index < -0.39 is 109 Å². The summed E-state index contributed by atoms with van der Waals surface area (Å²) in [6.07, 6.45) is 0. The molecule has 3 aromatic carbocycles. The van der Waals surface area contributed by atoms with Crippen molar-refractivity contribution in [3.05, 3.63) is 92.2 Å². The summed E-state index contributed by atoms with van der Waals surface area (Å²) in [5.74, 6) is -21.6. The molecule has 0 radical (unpaired) electrons. The minimum Gasteiger partial charge on any atom is -0.430 e. The van der Waals surface area contributed by atoms with Crippen molar-refractivity contribution in [1.82, 2.24) is 24.9 Å². The molecule has 4 heterocycles. The molecule has 0 saturated carbocycles. The maximum atomic E-state index is 14.4. The van der Waals surface area contributed by atoms with Crippen LogP contribution in [-0.4, -0.2) is 24.9 Å². The Morgan fingerprint density at radius 1 is 0.542 bits per heavy atom. The average Bonchev–Trinajstić information content (AvgIpc) is 3.85. The number of nitrogens with zero attached hydrogens (tertiary/aromatic N) is 10. The minimum atomic E-state index is -2.24. The van der Waals surface area contributed by atoms with Gasteiger partial charge in [0.25, 0.3) is 11.8 Å². The average molecular weight is 662 g/mol. The van der Waals surface area contributed by atoms with Gasteiger partial charge in [0.05, 0.1) is 21.8 Å². The summed E-state index contributed by atoms with van der Waals surface area (Å²) < 4.78 is 123. The highest BCUT2D eigenvalue weighted by Crippen LogP contribution is 2.33. The number of fused-ring (bicyclic) bond motifs is 3. The summed E-state index contributed by atoms with van der Waals surface area (Å²) in [5, 5.41) is 28.8. The smallest absolute Gasteiger partial charge is 0.266 e. The number of allylic oxidation sites excluding steroid dienone is 1. The number of aromatic nitrogens is 5. The Morgan fingerprint density at radius 3 is 1.35 bits per heavy atom. The Kier molecular flexibility index (Phi) is 6.44. The van der Waals surface area contributed by atoms with Gasteiger partial charge in [-0.3, -0.25) is 0 Å². The Hall–Kier alpha value is -7.14. The van der Waals surface area contributed by atoms with Crippen LogP contribution in [0.15, 0.2) is 36.8 Å². The van der Waals surface area contributed by atoms with Gasteiger partial charge >= 0.3 is 0 Å². The maximum absolute atomic E-state index is 14.4. The van der Waals surface area contributed by atoms with E-state index in [2.05, 4.69) is 34.9 Å². The molecule has 0 N–H and O–H groups in total. The van der Waals surface area contributed by atoms with Crippen molar-refractivity contribution in [3.8, 4) is 41.6 Å². The first-order chi connectivity index (χ1) is 22.9. The number of rotatable bonds is 3. The van der Waals surface area contributed by atoms with Crippen LogP contribution in [0.25, 0.3) is 51.2 Å². The summed E-state index contributed by atoms with van der Waals surface area (Å²) in [6, 6.07) is 7.68. The topological polar surface area (TPSA) is 187 Å². The molecule has 12 nitrogen and oxygen atoms in total. The molecule has 48 heavy (non-hydrogen) atoms. The van der Waals surface area contributed by atoms with Gasteiger partial charge in [0, 0.05) is 0 Å². The van der Waals surface area contributed by atoms with Crippen molar-refractivity contribution in [1.29, 1.82) is 15.8 Å². The van der Waals surface area contributed by atoms with E-state index in [0.717, 1.165) is 0 Å². The fourth-order valence-corrected chi connectivity index (χ4v) is 4.40. The van der Waals surface area contributed by atoms with Crippen LogP contribution in [-0.2, 0) is 0 Å². The van der Waals surface area contributed by atoms with Crippen molar-refractivity contribution in [2.45, 2.75) is 0 Å². The number of oxazole rings is 2. The summed E-state index contributed by atoms with van der Waals surface area (Å²) in [5.41, 5.74) is -5.52. The van der Waals surface area contributed by atoms with Crippen LogP contribution >= 0.6 is 0 Å². The van der Waals surface area contributed by atoms with Crippen molar-refractivity contribution in [2.24, 2.45) is 9.98 Å². The van der Waals surface area contributed by atoms with E-state index in [-0.39, 0.29) is 21.8 Å². The van der Waals surface area contributed by atoms with Crippen LogP contribution < -0.4 is 10.7 Å². The predicted molar refractivity (Wildman–Crippen MR) is 136 cm³/mol. The fourth-order valence-electron chi connectivity index (χ4n) is 4.40. The number of halogens is 8. The van der Waals surface area contributed by atoms with Gasteiger partial charge in [0.15, 0.2) is 57.1 Å². The summed E-state index contributed by atoms with van der Waals surface area (Å²) in [6.45, 7) is 0. The van der Waals surface area contributed by atoms with Crippen molar-refractivity contribution >= 4 is 27.8 Å². The third kappa shape index (κ3) is 4.22. The molecule has 6 aromatic rings. The number of hydrogen-bond donors (Lipinski definition) is 0. The van der Waals surface area contributed by atoms with E-state index in [9.17, 15) is 50.9 Å². The molecule has 0 atom stereocenters. The van der Waals surface area contributed by atoms with E-state index in [1.807, 2.05) is 0 Å². The second kappa shape index (κ2) is 10.5. The molecule has 0 aliphatic carbocycles. The Balaban J connectivity index is 1.51. The van der Waals surface area contributed by atoms with Crippen LogP contribution in [0.1, 0.15) is 17.0 Å². The van der Waals surface area contributed by atoms with Crippen LogP contribution in [0.2, 0.25) is 0 Å². The van der Waals surface area contributed by atoms with Crippen LogP contribution in [0.4, 0.5) is 35.1 Å². The van der Waals surface area contributed by atoms with Crippen LogP contribution in [0.5, 0.6) is 0 Å². The minimum absolute atomic E-state index is 0.0331. The molecule has 0 amide bonds. The van der Waals surface area contributed by atoms with Gasteiger partial charge < -0.3 is 8.83 Å². The second-order valence-electron chi connectivity index (χ2n) is 9.36. The zero-order valence-corrected chi connectivity index (χ0v) is 22.5. The number of hydrogen-bond acceptors (Lipinski definition) is 12. The monoisotopic (exact) mass is 662 g/mol. The van der Waals surface area contributed by atoms with Gasteiger partial charge in [0.1, 0.15) is 23.8 Å². The molecule has 7 rings (SSSR count).